The highest BCUT2D eigenvalue weighted by molar-refractivity contribution is 7.71. The van der Waals surface area contributed by atoms with Crippen molar-refractivity contribution < 1.29 is 18.7 Å². The van der Waals surface area contributed by atoms with Crippen LogP contribution in [-0.2, 0) is 4.79 Å². The lowest BCUT2D eigenvalue weighted by molar-refractivity contribution is -0.132. The van der Waals surface area contributed by atoms with E-state index in [1.54, 1.807) is 42.8 Å². The van der Waals surface area contributed by atoms with Crippen molar-refractivity contribution >= 4 is 24.4 Å². The Morgan fingerprint density at radius 1 is 1.40 bits per heavy atom. The van der Waals surface area contributed by atoms with Crippen LogP contribution >= 0.6 is 12.2 Å². The fourth-order valence-electron chi connectivity index (χ4n) is 2.09. The van der Waals surface area contributed by atoms with E-state index in [9.17, 15) is 4.79 Å². The number of nitrogens with zero attached hydrogens (tertiary/aromatic N) is 3. The average molecular weight is 358 g/mol. The molecule has 128 valence electrons. The summed E-state index contributed by atoms with van der Waals surface area (Å²) in [6.07, 6.45) is 3.12. The third-order valence-corrected chi connectivity index (χ3v) is 3.42. The molecule has 3 rings (SSSR count). The van der Waals surface area contributed by atoms with Crippen molar-refractivity contribution in [1.82, 2.24) is 14.9 Å². The van der Waals surface area contributed by atoms with Crippen LogP contribution < -0.4 is 9.47 Å². The Hall–Kier alpha value is -3.20. The molecule has 0 bridgehead atoms. The minimum atomic E-state index is -0.424. The Morgan fingerprint density at radius 2 is 2.24 bits per heavy atom. The molecule has 0 atom stereocenters. The quantitative estimate of drug-likeness (QED) is 0.326. The highest BCUT2D eigenvalue weighted by Crippen LogP contribution is 2.27. The number of methoxy groups -OCH3 is 1. The molecule has 0 aliphatic rings. The Balaban J connectivity index is 1.92. The molecule has 8 nitrogen and oxygen atoms in total. The number of hydrogen-bond donors (Lipinski definition) is 1. The second kappa shape index (κ2) is 7.14. The van der Waals surface area contributed by atoms with Gasteiger partial charge in [0.25, 0.3) is 0 Å². The standard InChI is InChI=1S/C16H14N4O4S/c1-10(21)24-12-6-5-11(8-14(12)22-2)9-17-20-15(18-19-16(20)25)13-4-3-7-23-13/h3-9H,1-2H3,(H,19,25)/b17-9+. The van der Waals surface area contributed by atoms with E-state index in [4.69, 9.17) is 26.1 Å². The van der Waals surface area contributed by atoms with Crippen LogP contribution in [0.1, 0.15) is 12.5 Å². The summed E-state index contributed by atoms with van der Waals surface area (Å²) in [7, 11) is 1.49. The number of furan rings is 1. The monoisotopic (exact) mass is 358 g/mol. The van der Waals surface area contributed by atoms with Gasteiger partial charge in [-0.05, 0) is 48.1 Å². The van der Waals surface area contributed by atoms with Gasteiger partial charge in [-0.15, -0.1) is 5.10 Å². The van der Waals surface area contributed by atoms with Gasteiger partial charge in [0.05, 0.1) is 19.6 Å². The van der Waals surface area contributed by atoms with Gasteiger partial charge >= 0.3 is 5.97 Å². The predicted octanol–water partition coefficient (Wildman–Crippen LogP) is 3.02. The van der Waals surface area contributed by atoms with Crippen molar-refractivity contribution in [3.8, 4) is 23.1 Å². The summed E-state index contributed by atoms with van der Waals surface area (Å²) in [5, 5.41) is 11.1. The first kappa shape index (κ1) is 16.7. The summed E-state index contributed by atoms with van der Waals surface area (Å²) < 4.78 is 17.4. The van der Waals surface area contributed by atoms with Crippen molar-refractivity contribution in [2.24, 2.45) is 5.10 Å². The zero-order valence-corrected chi connectivity index (χ0v) is 14.2. The lowest BCUT2D eigenvalue weighted by Gasteiger charge is -2.08. The first-order valence-corrected chi connectivity index (χ1v) is 7.61. The molecule has 0 unspecified atom stereocenters. The van der Waals surface area contributed by atoms with Gasteiger partial charge < -0.3 is 13.9 Å². The van der Waals surface area contributed by atoms with Crippen molar-refractivity contribution in [3.63, 3.8) is 0 Å². The highest BCUT2D eigenvalue weighted by Gasteiger charge is 2.11. The molecule has 0 aliphatic heterocycles. The maximum absolute atomic E-state index is 11.1. The van der Waals surface area contributed by atoms with Gasteiger partial charge in [0.2, 0.25) is 10.6 Å². The number of nitrogens with one attached hydrogen (secondary N) is 1. The molecule has 1 N–H and O–H groups in total. The van der Waals surface area contributed by atoms with Crippen LogP contribution in [0.4, 0.5) is 0 Å². The van der Waals surface area contributed by atoms with Gasteiger partial charge in [-0.3, -0.25) is 4.79 Å². The molecule has 1 aromatic carbocycles. The largest absolute Gasteiger partial charge is 0.493 e. The van der Waals surface area contributed by atoms with Crippen molar-refractivity contribution in [2.45, 2.75) is 6.92 Å². The first-order valence-electron chi connectivity index (χ1n) is 7.20. The van der Waals surface area contributed by atoms with Gasteiger partial charge in [0, 0.05) is 6.92 Å². The molecule has 0 amide bonds. The molecule has 0 aliphatic carbocycles. The SMILES string of the molecule is COc1cc(/C=N/n2c(-c3ccco3)n[nH]c2=S)ccc1OC(C)=O. The van der Waals surface area contributed by atoms with E-state index in [1.807, 2.05) is 0 Å². The third kappa shape index (κ3) is 3.66. The fourth-order valence-corrected chi connectivity index (χ4v) is 2.27. The number of carbonyl (C=O) groups excluding carboxylic acids is 1. The molecule has 0 spiro atoms. The van der Waals surface area contributed by atoms with Gasteiger partial charge in [0.1, 0.15) is 0 Å². The van der Waals surface area contributed by atoms with Gasteiger partial charge in [-0.1, -0.05) is 0 Å². The summed E-state index contributed by atoms with van der Waals surface area (Å²) in [5.41, 5.74) is 0.723. The van der Waals surface area contributed by atoms with Crippen LogP contribution in [0.2, 0.25) is 0 Å². The number of carbonyl (C=O) groups is 1. The molecule has 0 radical (unpaired) electrons. The van der Waals surface area contributed by atoms with E-state index in [-0.39, 0.29) is 0 Å². The lowest BCUT2D eigenvalue weighted by Crippen LogP contribution is -2.03. The molecule has 2 aromatic heterocycles. The Labute approximate surface area is 147 Å². The Bertz CT molecular complexity index is 972. The maximum atomic E-state index is 11.1. The Kier molecular flexibility index (Phi) is 4.75. The van der Waals surface area contributed by atoms with Crippen LogP contribution in [0.25, 0.3) is 11.6 Å². The third-order valence-electron chi connectivity index (χ3n) is 3.16. The number of hydrogen-bond acceptors (Lipinski definition) is 7. The zero-order chi connectivity index (χ0) is 17.8. The number of rotatable bonds is 5. The van der Waals surface area contributed by atoms with E-state index in [0.29, 0.717) is 27.9 Å². The number of aromatic nitrogens is 3. The van der Waals surface area contributed by atoms with Crippen LogP contribution in [0.5, 0.6) is 11.5 Å². The lowest BCUT2D eigenvalue weighted by atomic mass is 10.2. The topological polar surface area (TPSA) is 94.6 Å². The summed E-state index contributed by atoms with van der Waals surface area (Å²) >= 11 is 5.19. The fraction of sp³-hybridized carbons (Fsp3) is 0.125. The van der Waals surface area contributed by atoms with Crippen LogP contribution in [0, 0.1) is 4.77 Å². The summed E-state index contributed by atoms with van der Waals surface area (Å²) in [6, 6.07) is 8.57. The van der Waals surface area contributed by atoms with Gasteiger partial charge in [-0.2, -0.15) is 9.78 Å². The van der Waals surface area contributed by atoms with Crippen LogP contribution in [-0.4, -0.2) is 34.2 Å². The Morgan fingerprint density at radius 3 is 2.92 bits per heavy atom. The zero-order valence-electron chi connectivity index (χ0n) is 13.4. The molecule has 25 heavy (non-hydrogen) atoms. The van der Waals surface area contributed by atoms with Crippen molar-refractivity contribution in [3.05, 3.63) is 46.9 Å². The van der Waals surface area contributed by atoms with Gasteiger partial charge in [-0.25, -0.2) is 5.10 Å². The number of ether oxygens (including phenoxy) is 2. The highest BCUT2D eigenvalue weighted by atomic mass is 32.1. The molecule has 0 saturated carbocycles. The van der Waals surface area contributed by atoms with Crippen molar-refractivity contribution in [2.75, 3.05) is 7.11 Å². The summed E-state index contributed by atoms with van der Waals surface area (Å²) in [4.78, 5) is 11.1. The summed E-state index contributed by atoms with van der Waals surface area (Å²) in [6.45, 7) is 1.33. The van der Waals surface area contributed by atoms with E-state index in [0.717, 1.165) is 5.56 Å². The van der Waals surface area contributed by atoms with E-state index < -0.39 is 5.97 Å². The number of aromatic amines is 1. The number of H-pyrrole nitrogens is 1. The molecule has 9 heteroatoms. The predicted molar refractivity (Wildman–Crippen MR) is 92.4 cm³/mol. The molecule has 2 heterocycles. The normalized spacial score (nSPS) is 11.0. The van der Waals surface area contributed by atoms with E-state index in [1.165, 1.54) is 18.7 Å². The minimum absolute atomic E-state index is 0.325. The smallest absolute Gasteiger partial charge is 0.308 e. The second-order valence-corrected chi connectivity index (χ2v) is 5.28. The van der Waals surface area contributed by atoms with E-state index in [2.05, 4.69) is 15.3 Å². The molecule has 3 aromatic rings. The summed E-state index contributed by atoms with van der Waals surface area (Å²) in [5.74, 6) is 1.32. The van der Waals surface area contributed by atoms with Crippen LogP contribution in [0.15, 0.2) is 46.1 Å². The number of esters is 1. The minimum Gasteiger partial charge on any atom is -0.493 e. The van der Waals surface area contributed by atoms with E-state index >= 15 is 0 Å². The number of benzene rings is 1. The maximum Gasteiger partial charge on any atom is 0.308 e. The van der Waals surface area contributed by atoms with Crippen molar-refractivity contribution in [1.29, 1.82) is 0 Å². The van der Waals surface area contributed by atoms with Crippen LogP contribution in [0.3, 0.4) is 0 Å². The second-order valence-electron chi connectivity index (χ2n) is 4.89. The average Bonchev–Trinajstić information content (AvgIpc) is 3.23. The van der Waals surface area contributed by atoms with Gasteiger partial charge in [0.15, 0.2) is 17.3 Å². The molecule has 0 saturated heterocycles. The molecular formula is C16H14N4O4S. The first-order chi connectivity index (χ1) is 12.1. The molecule has 0 fully saturated rings. The molecular weight excluding hydrogens is 344 g/mol.